The standard InChI is InChI=1S/C8H14N2/c1-7(2)8(10-4)5-6-9-3/h5-7H,4H2,1-3H3/b8-5-,9-6-. The van der Waals surface area contributed by atoms with Crippen LogP contribution in [0.5, 0.6) is 0 Å². The number of aliphatic imine (C=N–C) groups is 2. The molecular formula is C8H14N2. The molecule has 0 aliphatic rings. The third kappa shape index (κ3) is 3.17. The second-order valence-electron chi connectivity index (χ2n) is 2.31. The van der Waals surface area contributed by atoms with Crippen molar-refractivity contribution in [2.45, 2.75) is 13.8 Å². The topological polar surface area (TPSA) is 24.7 Å². The van der Waals surface area contributed by atoms with Crippen molar-refractivity contribution in [1.82, 2.24) is 0 Å². The molecule has 0 bridgehead atoms. The number of allylic oxidation sites excluding steroid dienone is 2. The zero-order valence-electron chi connectivity index (χ0n) is 6.83. The average molecular weight is 138 g/mol. The first-order valence-electron chi connectivity index (χ1n) is 3.31. The van der Waals surface area contributed by atoms with Gasteiger partial charge in [-0.1, -0.05) is 13.8 Å². The van der Waals surface area contributed by atoms with Crippen molar-refractivity contribution in [2.24, 2.45) is 15.9 Å². The van der Waals surface area contributed by atoms with Crippen LogP contribution in [-0.2, 0) is 0 Å². The van der Waals surface area contributed by atoms with Crippen molar-refractivity contribution in [3.63, 3.8) is 0 Å². The van der Waals surface area contributed by atoms with E-state index in [1.165, 1.54) is 0 Å². The third-order valence-electron chi connectivity index (χ3n) is 1.17. The molecule has 0 saturated carbocycles. The van der Waals surface area contributed by atoms with Crippen LogP contribution in [-0.4, -0.2) is 20.0 Å². The Kier molecular flexibility index (Phi) is 4.46. The minimum Gasteiger partial charge on any atom is -0.296 e. The number of hydrogen-bond donors (Lipinski definition) is 0. The van der Waals surface area contributed by atoms with E-state index in [0.717, 1.165) is 5.70 Å². The van der Waals surface area contributed by atoms with Gasteiger partial charge < -0.3 is 0 Å². The fourth-order valence-corrected chi connectivity index (χ4v) is 0.579. The molecule has 0 fully saturated rings. The zero-order chi connectivity index (χ0) is 7.98. The summed E-state index contributed by atoms with van der Waals surface area (Å²) in [5, 5.41) is 0. The molecule has 56 valence electrons. The highest BCUT2D eigenvalue weighted by atomic mass is 14.7. The van der Waals surface area contributed by atoms with Crippen molar-refractivity contribution >= 4 is 12.9 Å². The Bertz CT molecular complexity index is 155. The Balaban J connectivity index is 4.18. The Hall–Kier alpha value is -0.920. The van der Waals surface area contributed by atoms with Gasteiger partial charge in [-0.2, -0.15) is 0 Å². The molecule has 0 aliphatic carbocycles. The normalized spacial score (nSPS) is 13.0. The highest BCUT2D eigenvalue weighted by Crippen LogP contribution is 2.08. The first kappa shape index (κ1) is 9.08. The lowest BCUT2D eigenvalue weighted by Gasteiger charge is -2.01. The van der Waals surface area contributed by atoms with E-state index in [4.69, 9.17) is 0 Å². The molecule has 0 aromatic heterocycles. The summed E-state index contributed by atoms with van der Waals surface area (Å²) in [6.07, 6.45) is 3.60. The van der Waals surface area contributed by atoms with Gasteiger partial charge in [-0.05, 0) is 18.7 Å². The molecule has 0 saturated heterocycles. The average Bonchev–Trinajstić information content (AvgIpc) is 1.89. The van der Waals surface area contributed by atoms with E-state index in [1.807, 2.05) is 6.08 Å². The maximum atomic E-state index is 3.84. The van der Waals surface area contributed by atoms with E-state index in [-0.39, 0.29) is 0 Å². The van der Waals surface area contributed by atoms with Crippen LogP contribution >= 0.6 is 0 Å². The third-order valence-corrected chi connectivity index (χ3v) is 1.17. The second kappa shape index (κ2) is 4.91. The molecular weight excluding hydrogens is 124 g/mol. The summed E-state index contributed by atoms with van der Waals surface area (Å²) in [7, 11) is 1.73. The molecule has 0 rings (SSSR count). The predicted molar refractivity (Wildman–Crippen MR) is 46.9 cm³/mol. The number of nitrogens with zero attached hydrogens (tertiary/aromatic N) is 2. The lowest BCUT2D eigenvalue weighted by atomic mass is 10.1. The van der Waals surface area contributed by atoms with Gasteiger partial charge in [0.2, 0.25) is 0 Å². The molecule has 0 aromatic carbocycles. The summed E-state index contributed by atoms with van der Waals surface area (Å²) < 4.78 is 0. The van der Waals surface area contributed by atoms with Gasteiger partial charge in [0, 0.05) is 19.0 Å². The summed E-state index contributed by atoms with van der Waals surface area (Å²) >= 11 is 0. The van der Waals surface area contributed by atoms with E-state index in [9.17, 15) is 0 Å². The van der Waals surface area contributed by atoms with E-state index < -0.39 is 0 Å². The van der Waals surface area contributed by atoms with Gasteiger partial charge >= 0.3 is 0 Å². The van der Waals surface area contributed by atoms with Crippen LogP contribution in [0.25, 0.3) is 0 Å². The Morgan fingerprint density at radius 3 is 2.40 bits per heavy atom. The van der Waals surface area contributed by atoms with Gasteiger partial charge in [-0.25, -0.2) is 0 Å². The molecule has 0 N–H and O–H groups in total. The smallest absolute Gasteiger partial charge is 0.0436 e. The SMILES string of the molecule is C=N/C(=C\C=N/C)C(C)C. The molecule has 2 nitrogen and oxygen atoms in total. The molecule has 0 radical (unpaired) electrons. The molecule has 2 heteroatoms. The highest BCUT2D eigenvalue weighted by Gasteiger charge is 1.96. The van der Waals surface area contributed by atoms with Gasteiger partial charge in [-0.15, -0.1) is 0 Å². The van der Waals surface area contributed by atoms with E-state index in [0.29, 0.717) is 5.92 Å². The van der Waals surface area contributed by atoms with E-state index in [1.54, 1.807) is 13.3 Å². The van der Waals surface area contributed by atoms with Crippen LogP contribution in [0.1, 0.15) is 13.8 Å². The molecule has 0 heterocycles. The maximum absolute atomic E-state index is 3.84. The van der Waals surface area contributed by atoms with Crippen molar-refractivity contribution < 1.29 is 0 Å². The van der Waals surface area contributed by atoms with Gasteiger partial charge in [-0.3, -0.25) is 9.98 Å². The molecule has 10 heavy (non-hydrogen) atoms. The Morgan fingerprint density at radius 2 is 2.10 bits per heavy atom. The van der Waals surface area contributed by atoms with Gasteiger partial charge in [0.15, 0.2) is 0 Å². The van der Waals surface area contributed by atoms with Crippen molar-refractivity contribution in [3.8, 4) is 0 Å². The fraction of sp³-hybridized carbons (Fsp3) is 0.500. The summed E-state index contributed by atoms with van der Waals surface area (Å²) in [5.74, 6) is 0.426. The first-order valence-corrected chi connectivity index (χ1v) is 3.31. The van der Waals surface area contributed by atoms with Crippen LogP contribution in [0.3, 0.4) is 0 Å². The van der Waals surface area contributed by atoms with Crippen LogP contribution in [0.15, 0.2) is 21.8 Å². The first-order chi connectivity index (χ1) is 4.72. The Labute approximate surface area is 62.4 Å². The van der Waals surface area contributed by atoms with Crippen molar-refractivity contribution in [2.75, 3.05) is 7.05 Å². The molecule has 0 spiro atoms. The largest absolute Gasteiger partial charge is 0.296 e. The van der Waals surface area contributed by atoms with Crippen LogP contribution in [0.2, 0.25) is 0 Å². The minimum absolute atomic E-state index is 0.426. The van der Waals surface area contributed by atoms with Gasteiger partial charge in [0.05, 0.1) is 0 Å². The molecule has 0 unspecified atom stereocenters. The second-order valence-corrected chi connectivity index (χ2v) is 2.31. The number of rotatable bonds is 3. The van der Waals surface area contributed by atoms with Gasteiger partial charge in [0.1, 0.15) is 0 Å². The van der Waals surface area contributed by atoms with Crippen LogP contribution in [0.4, 0.5) is 0 Å². The maximum Gasteiger partial charge on any atom is 0.0436 e. The lowest BCUT2D eigenvalue weighted by molar-refractivity contribution is 0.762. The van der Waals surface area contributed by atoms with Crippen LogP contribution in [0, 0.1) is 5.92 Å². The van der Waals surface area contributed by atoms with E-state index >= 15 is 0 Å². The predicted octanol–water partition coefficient (Wildman–Crippen LogP) is 1.93. The highest BCUT2D eigenvalue weighted by molar-refractivity contribution is 5.72. The number of hydrogen-bond acceptors (Lipinski definition) is 2. The molecule has 0 aromatic rings. The lowest BCUT2D eigenvalue weighted by Crippen LogP contribution is -1.89. The van der Waals surface area contributed by atoms with Gasteiger partial charge in [0.25, 0.3) is 0 Å². The zero-order valence-corrected chi connectivity index (χ0v) is 6.83. The quantitative estimate of drug-likeness (QED) is 0.532. The van der Waals surface area contributed by atoms with Crippen molar-refractivity contribution in [1.29, 1.82) is 0 Å². The molecule has 0 amide bonds. The monoisotopic (exact) mass is 138 g/mol. The van der Waals surface area contributed by atoms with E-state index in [2.05, 4.69) is 30.5 Å². The summed E-state index contributed by atoms with van der Waals surface area (Å²) in [6.45, 7) is 7.60. The summed E-state index contributed by atoms with van der Waals surface area (Å²) in [4.78, 5) is 7.66. The van der Waals surface area contributed by atoms with Crippen molar-refractivity contribution in [3.05, 3.63) is 11.8 Å². The molecule has 0 atom stereocenters. The summed E-state index contributed by atoms with van der Waals surface area (Å²) in [5.41, 5.74) is 0.977. The van der Waals surface area contributed by atoms with Crippen LogP contribution < -0.4 is 0 Å². The summed E-state index contributed by atoms with van der Waals surface area (Å²) in [6, 6.07) is 0. The fourth-order valence-electron chi connectivity index (χ4n) is 0.579. The minimum atomic E-state index is 0.426. The molecule has 0 aliphatic heterocycles. The Morgan fingerprint density at radius 1 is 1.50 bits per heavy atom.